The first kappa shape index (κ1) is 18.0. The number of amides is 1. The van der Waals surface area contributed by atoms with Crippen molar-refractivity contribution in [3.63, 3.8) is 0 Å². The molecule has 0 radical (unpaired) electrons. The van der Waals surface area contributed by atoms with E-state index in [-0.39, 0.29) is 25.1 Å². The second kappa shape index (κ2) is 7.99. The number of carboxylic acids is 1. The first-order valence-corrected chi connectivity index (χ1v) is 7.28. The van der Waals surface area contributed by atoms with Crippen molar-refractivity contribution in [3.8, 4) is 0 Å². The van der Waals surface area contributed by atoms with Gasteiger partial charge in [-0.1, -0.05) is 12.1 Å². The molecule has 0 aliphatic heterocycles. The molecule has 2 rings (SSSR count). The van der Waals surface area contributed by atoms with E-state index in [1.165, 1.54) is 35.1 Å². The van der Waals surface area contributed by atoms with E-state index in [0.717, 1.165) is 6.20 Å². The molecule has 0 spiro atoms. The Morgan fingerprint density at radius 1 is 1.36 bits per heavy atom. The Morgan fingerprint density at radius 3 is 2.60 bits per heavy atom. The van der Waals surface area contributed by atoms with Gasteiger partial charge in [-0.2, -0.15) is 5.10 Å². The average Bonchev–Trinajstić information content (AvgIpc) is 3.02. The van der Waals surface area contributed by atoms with Crippen molar-refractivity contribution in [2.24, 2.45) is 0 Å². The lowest BCUT2D eigenvalue weighted by molar-refractivity contribution is -0.385. The van der Waals surface area contributed by atoms with Crippen LogP contribution in [0.5, 0.6) is 0 Å². The standard InChI is InChI=1S/C15H15FN4O5/c16-11-3-1-10(2-4-11)13(7-15(22)23)18-14(21)5-6-19-9-12(8-17-19)20(24)25/h1-4,8-9,13H,5-7H2,(H,18,21)(H,22,23). The summed E-state index contributed by atoms with van der Waals surface area (Å²) in [6.45, 7) is 0.100. The number of carbonyl (C=O) groups is 2. The Bertz CT molecular complexity index is 774. The van der Waals surface area contributed by atoms with Crippen LogP contribution in [0, 0.1) is 15.9 Å². The summed E-state index contributed by atoms with van der Waals surface area (Å²) < 4.78 is 14.2. The van der Waals surface area contributed by atoms with Crippen molar-refractivity contribution < 1.29 is 24.0 Å². The number of nitrogens with one attached hydrogen (secondary N) is 1. The molecule has 0 aliphatic rings. The number of nitrogens with zero attached hydrogens (tertiary/aromatic N) is 3. The summed E-state index contributed by atoms with van der Waals surface area (Å²) in [4.78, 5) is 33.0. The SMILES string of the molecule is O=C(O)CC(NC(=O)CCn1cc([N+](=O)[O-])cn1)c1ccc(F)cc1. The van der Waals surface area contributed by atoms with Crippen molar-refractivity contribution in [3.05, 3.63) is 58.2 Å². The van der Waals surface area contributed by atoms with E-state index in [1.807, 2.05) is 0 Å². The van der Waals surface area contributed by atoms with Gasteiger partial charge in [-0.05, 0) is 17.7 Å². The van der Waals surface area contributed by atoms with Crippen LogP contribution in [0.4, 0.5) is 10.1 Å². The summed E-state index contributed by atoms with van der Waals surface area (Å²) in [6.07, 6.45) is 1.87. The van der Waals surface area contributed by atoms with Crippen LogP contribution in [0.3, 0.4) is 0 Å². The minimum Gasteiger partial charge on any atom is -0.481 e. The maximum atomic E-state index is 13.0. The van der Waals surface area contributed by atoms with Crippen LogP contribution in [0.15, 0.2) is 36.7 Å². The molecule has 1 heterocycles. The molecule has 0 saturated carbocycles. The normalized spacial score (nSPS) is 11.7. The minimum absolute atomic E-state index is 0.0455. The molecule has 1 unspecified atom stereocenters. The summed E-state index contributed by atoms with van der Waals surface area (Å²) in [5.41, 5.74) is 0.280. The highest BCUT2D eigenvalue weighted by molar-refractivity contribution is 5.77. The summed E-state index contributed by atoms with van der Waals surface area (Å²) >= 11 is 0. The van der Waals surface area contributed by atoms with E-state index in [2.05, 4.69) is 10.4 Å². The summed E-state index contributed by atoms with van der Waals surface area (Å²) in [6, 6.07) is 4.36. The number of aryl methyl sites for hydroxylation is 1. The third kappa shape index (κ3) is 5.37. The van der Waals surface area contributed by atoms with Crippen LogP contribution < -0.4 is 5.32 Å². The summed E-state index contributed by atoms with van der Waals surface area (Å²) in [5.74, 6) is -2.03. The van der Waals surface area contributed by atoms with Crippen LogP contribution in [0.2, 0.25) is 0 Å². The quantitative estimate of drug-likeness (QED) is 0.550. The Kier molecular flexibility index (Phi) is 5.77. The number of benzene rings is 1. The summed E-state index contributed by atoms with van der Waals surface area (Å²) in [7, 11) is 0. The number of aromatic nitrogens is 2. The maximum Gasteiger partial charge on any atom is 0.306 e. The van der Waals surface area contributed by atoms with Crippen LogP contribution in [-0.2, 0) is 16.1 Å². The van der Waals surface area contributed by atoms with Crippen molar-refractivity contribution in [2.45, 2.75) is 25.4 Å². The van der Waals surface area contributed by atoms with Crippen LogP contribution in [0.25, 0.3) is 0 Å². The second-order valence-corrected chi connectivity index (χ2v) is 5.24. The minimum atomic E-state index is -1.11. The lowest BCUT2D eigenvalue weighted by Crippen LogP contribution is -2.30. The Labute approximate surface area is 141 Å². The zero-order valence-electron chi connectivity index (χ0n) is 13.0. The number of halogens is 1. The zero-order valence-corrected chi connectivity index (χ0v) is 13.0. The number of aliphatic carboxylic acids is 1. The van der Waals surface area contributed by atoms with Gasteiger partial charge in [0.1, 0.15) is 18.2 Å². The summed E-state index contributed by atoms with van der Waals surface area (Å²) in [5, 5.41) is 25.9. The highest BCUT2D eigenvalue weighted by atomic mass is 19.1. The predicted molar refractivity (Wildman–Crippen MR) is 83.0 cm³/mol. The maximum absolute atomic E-state index is 13.0. The smallest absolute Gasteiger partial charge is 0.306 e. The van der Waals surface area contributed by atoms with Gasteiger partial charge in [-0.15, -0.1) is 0 Å². The molecule has 9 nitrogen and oxygen atoms in total. The van der Waals surface area contributed by atoms with Gasteiger partial charge in [-0.3, -0.25) is 24.4 Å². The molecule has 0 saturated heterocycles. The molecular weight excluding hydrogens is 335 g/mol. The third-order valence-corrected chi connectivity index (χ3v) is 3.38. The lowest BCUT2D eigenvalue weighted by atomic mass is 10.0. The van der Waals surface area contributed by atoms with Crippen molar-refractivity contribution in [1.82, 2.24) is 15.1 Å². The monoisotopic (exact) mass is 350 g/mol. The highest BCUT2D eigenvalue weighted by Crippen LogP contribution is 2.18. The van der Waals surface area contributed by atoms with Gasteiger partial charge in [-0.25, -0.2) is 4.39 Å². The molecule has 2 aromatic rings. The largest absolute Gasteiger partial charge is 0.481 e. The number of hydrogen-bond acceptors (Lipinski definition) is 5. The molecule has 25 heavy (non-hydrogen) atoms. The fourth-order valence-corrected chi connectivity index (χ4v) is 2.17. The molecule has 1 amide bonds. The lowest BCUT2D eigenvalue weighted by Gasteiger charge is -2.17. The highest BCUT2D eigenvalue weighted by Gasteiger charge is 2.18. The molecular formula is C15H15FN4O5. The molecule has 0 bridgehead atoms. The molecule has 132 valence electrons. The number of carbonyl (C=O) groups excluding carboxylic acids is 1. The Balaban J connectivity index is 1.97. The van der Waals surface area contributed by atoms with E-state index < -0.39 is 28.7 Å². The van der Waals surface area contributed by atoms with E-state index in [4.69, 9.17) is 5.11 Å². The van der Waals surface area contributed by atoms with Gasteiger partial charge >= 0.3 is 11.7 Å². The van der Waals surface area contributed by atoms with Gasteiger partial charge in [0.05, 0.1) is 17.4 Å². The molecule has 10 heteroatoms. The fourth-order valence-electron chi connectivity index (χ4n) is 2.17. The van der Waals surface area contributed by atoms with Crippen LogP contribution in [0.1, 0.15) is 24.4 Å². The van der Waals surface area contributed by atoms with Gasteiger partial charge in [0.15, 0.2) is 0 Å². The topological polar surface area (TPSA) is 127 Å². The first-order chi connectivity index (χ1) is 11.8. The molecule has 2 N–H and O–H groups in total. The van der Waals surface area contributed by atoms with E-state index >= 15 is 0 Å². The van der Waals surface area contributed by atoms with Gasteiger partial charge < -0.3 is 10.4 Å². The third-order valence-electron chi connectivity index (χ3n) is 3.38. The van der Waals surface area contributed by atoms with Crippen molar-refractivity contribution in [2.75, 3.05) is 0 Å². The molecule has 1 atom stereocenters. The van der Waals surface area contributed by atoms with E-state index in [0.29, 0.717) is 5.56 Å². The molecule has 1 aromatic heterocycles. The van der Waals surface area contributed by atoms with E-state index in [9.17, 15) is 24.1 Å². The molecule has 0 aliphatic carbocycles. The fraction of sp³-hybridized carbons (Fsp3) is 0.267. The molecule has 1 aromatic carbocycles. The van der Waals surface area contributed by atoms with Gasteiger partial charge in [0.2, 0.25) is 5.91 Å². The molecule has 0 fully saturated rings. The number of nitro groups is 1. The number of carboxylic acid groups (broad SMARTS) is 1. The first-order valence-electron chi connectivity index (χ1n) is 7.28. The average molecular weight is 350 g/mol. The zero-order chi connectivity index (χ0) is 18.4. The Morgan fingerprint density at radius 2 is 2.04 bits per heavy atom. The van der Waals surface area contributed by atoms with Crippen molar-refractivity contribution >= 4 is 17.6 Å². The Hall–Kier alpha value is -3.30. The van der Waals surface area contributed by atoms with Crippen molar-refractivity contribution in [1.29, 1.82) is 0 Å². The van der Waals surface area contributed by atoms with Crippen LogP contribution >= 0.6 is 0 Å². The van der Waals surface area contributed by atoms with E-state index in [1.54, 1.807) is 0 Å². The predicted octanol–water partition coefficient (Wildman–Crippen LogP) is 1.65. The number of rotatable bonds is 8. The van der Waals surface area contributed by atoms with Crippen LogP contribution in [-0.4, -0.2) is 31.7 Å². The number of hydrogen-bond donors (Lipinski definition) is 2. The van der Waals surface area contributed by atoms with Gasteiger partial charge in [0, 0.05) is 13.0 Å². The second-order valence-electron chi connectivity index (χ2n) is 5.24. The van der Waals surface area contributed by atoms with Gasteiger partial charge in [0.25, 0.3) is 0 Å².